The summed E-state index contributed by atoms with van der Waals surface area (Å²) in [6, 6.07) is 11.6. The normalized spacial score (nSPS) is 10.4. The number of aryl methyl sites for hydroxylation is 1. The van der Waals surface area contributed by atoms with E-state index in [2.05, 4.69) is 20.5 Å². The lowest BCUT2D eigenvalue weighted by Crippen LogP contribution is -1.87. The van der Waals surface area contributed by atoms with Gasteiger partial charge in [0.1, 0.15) is 0 Å². The molecule has 3 nitrogen and oxygen atoms in total. The number of hydrogen-bond donors (Lipinski definition) is 0. The zero-order chi connectivity index (χ0) is 12.5. The highest BCUT2D eigenvalue weighted by molar-refractivity contribution is 5.83. The lowest BCUT2D eigenvalue weighted by molar-refractivity contribution is 0.968. The van der Waals surface area contributed by atoms with E-state index < -0.39 is 0 Å². The summed E-state index contributed by atoms with van der Waals surface area (Å²) in [6.45, 7) is 7.04. The second kappa shape index (κ2) is 4.01. The van der Waals surface area contributed by atoms with E-state index >= 15 is 0 Å². The summed E-state index contributed by atoms with van der Waals surface area (Å²) in [5, 5.41) is 1.13. The van der Waals surface area contributed by atoms with Gasteiger partial charge in [0.25, 0.3) is 0 Å². The van der Waals surface area contributed by atoms with Crippen LogP contribution in [-0.2, 0) is 7.05 Å². The van der Waals surface area contributed by atoms with Gasteiger partial charge in [-0.3, -0.25) is 4.98 Å². The van der Waals surface area contributed by atoms with E-state index in [1.807, 2.05) is 43.7 Å². The van der Waals surface area contributed by atoms with Crippen molar-refractivity contribution < 1.29 is 0 Å². The molecule has 2 heterocycles. The van der Waals surface area contributed by atoms with Crippen molar-refractivity contribution in [2.45, 2.75) is 0 Å². The van der Waals surface area contributed by atoms with Gasteiger partial charge in [0.2, 0.25) is 0 Å². The highest BCUT2D eigenvalue weighted by Gasteiger charge is 2.04. The third kappa shape index (κ3) is 1.64. The second-order valence-electron chi connectivity index (χ2n) is 4.22. The fourth-order valence-corrected chi connectivity index (χ4v) is 2.05. The molecule has 0 bridgehead atoms. The zero-order valence-corrected chi connectivity index (χ0v) is 9.96. The van der Waals surface area contributed by atoms with Gasteiger partial charge >= 0.3 is 0 Å². The van der Waals surface area contributed by atoms with E-state index in [-0.39, 0.29) is 0 Å². The van der Waals surface area contributed by atoms with Crippen molar-refractivity contribution in [3.63, 3.8) is 0 Å². The van der Waals surface area contributed by atoms with Gasteiger partial charge in [0.05, 0.1) is 17.8 Å². The molecule has 0 N–H and O–H groups in total. The third-order valence-electron chi connectivity index (χ3n) is 3.04. The van der Waals surface area contributed by atoms with E-state index in [1.165, 1.54) is 0 Å². The monoisotopic (exact) mass is 233 g/mol. The lowest BCUT2D eigenvalue weighted by Gasteiger charge is -2.03. The van der Waals surface area contributed by atoms with Crippen LogP contribution in [0.5, 0.6) is 0 Å². The molecule has 0 saturated carbocycles. The molecule has 0 radical (unpaired) electrons. The maximum absolute atomic E-state index is 7.04. The van der Waals surface area contributed by atoms with Crippen LogP contribution in [0.25, 0.3) is 27.0 Å². The Balaban J connectivity index is 2.19. The predicted octanol–water partition coefficient (Wildman–Crippen LogP) is 3.79. The molecule has 0 unspecified atom stereocenters. The van der Waals surface area contributed by atoms with Crippen LogP contribution >= 0.6 is 0 Å². The fourth-order valence-electron chi connectivity index (χ4n) is 2.05. The standard InChI is InChI=1S/C15H11N3/c1-16-13-5-3-4-11(8-13)14-9-15-12(10-17-14)6-7-18(15)2/h3-10H,2H3. The fraction of sp³-hybridized carbons (Fsp3) is 0.0667. The van der Waals surface area contributed by atoms with Gasteiger partial charge in [0, 0.05) is 24.8 Å². The Bertz CT molecular complexity index is 763. The minimum absolute atomic E-state index is 0.640. The summed E-state index contributed by atoms with van der Waals surface area (Å²) < 4.78 is 2.07. The van der Waals surface area contributed by atoms with E-state index in [1.54, 1.807) is 6.07 Å². The van der Waals surface area contributed by atoms with E-state index in [4.69, 9.17) is 6.57 Å². The van der Waals surface area contributed by atoms with Gasteiger partial charge in [-0.2, -0.15) is 0 Å². The SMILES string of the molecule is [C-]#[N+]c1cccc(-c2cc3c(ccn3C)cn2)c1. The van der Waals surface area contributed by atoms with Crippen LogP contribution in [0.3, 0.4) is 0 Å². The smallest absolute Gasteiger partial charge is 0.187 e. The average Bonchev–Trinajstić information content (AvgIpc) is 2.80. The summed E-state index contributed by atoms with van der Waals surface area (Å²) in [6.07, 6.45) is 3.89. The highest BCUT2D eigenvalue weighted by atomic mass is 14.9. The van der Waals surface area contributed by atoms with Crippen molar-refractivity contribution in [2.24, 2.45) is 7.05 Å². The first-order valence-electron chi connectivity index (χ1n) is 5.67. The largest absolute Gasteiger partial charge is 0.350 e. The van der Waals surface area contributed by atoms with Crippen LogP contribution in [-0.4, -0.2) is 9.55 Å². The van der Waals surface area contributed by atoms with Gasteiger partial charge in [-0.1, -0.05) is 18.2 Å². The maximum atomic E-state index is 7.04. The van der Waals surface area contributed by atoms with Crippen molar-refractivity contribution in [2.75, 3.05) is 0 Å². The molecule has 3 rings (SSSR count). The molecule has 0 aliphatic heterocycles. The number of fused-ring (bicyclic) bond motifs is 1. The molecule has 0 saturated heterocycles. The van der Waals surface area contributed by atoms with Crippen molar-refractivity contribution in [1.29, 1.82) is 0 Å². The molecule has 86 valence electrons. The predicted molar refractivity (Wildman–Crippen MR) is 72.4 cm³/mol. The number of hydrogen-bond acceptors (Lipinski definition) is 1. The topological polar surface area (TPSA) is 22.2 Å². The van der Waals surface area contributed by atoms with Crippen molar-refractivity contribution >= 4 is 16.6 Å². The van der Waals surface area contributed by atoms with Gasteiger partial charge in [-0.25, -0.2) is 4.85 Å². The van der Waals surface area contributed by atoms with Gasteiger partial charge in [0.15, 0.2) is 5.69 Å². The molecule has 0 amide bonds. The Labute approximate surface area is 105 Å². The number of rotatable bonds is 1. The van der Waals surface area contributed by atoms with Crippen LogP contribution in [0.2, 0.25) is 0 Å². The molecule has 0 fully saturated rings. The Morgan fingerprint density at radius 2 is 2.11 bits per heavy atom. The van der Waals surface area contributed by atoms with Crippen molar-refractivity contribution in [3.8, 4) is 11.3 Å². The number of pyridine rings is 1. The average molecular weight is 233 g/mol. The first kappa shape index (κ1) is 10.5. The maximum Gasteiger partial charge on any atom is 0.187 e. The molecule has 2 aromatic heterocycles. The Morgan fingerprint density at radius 1 is 1.22 bits per heavy atom. The Kier molecular flexibility index (Phi) is 2.35. The Morgan fingerprint density at radius 3 is 2.94 bits per heavy atom. The molecule has 0 aliphatic carbocycles. The molecule has 0 aliphatic rings. The molecule has 0 spiro atoms. The van der Waals surface area contributed by atoms with E-state index in [0.717, 1.165) is 22.2 Å². The zero-order valence-electron chi connectivity index (χ0n) is 9.96. The Hall–Kier alpha value is -2.60. The quantitative estimate of drug-likeness (QED) is 0.586. The summed E-state index contributed by atoms with van der Waals surface area (Å²) in [5.74, 6) is 0. The van der Waals surface area contributed by atoms with Crippen LogP contribution in [0.15, 0.2) is 48.8 Å². The summed E-state index contributed by atoms with van der Waals surface area (Å²) in [5.41, 5.74) is 3.66. The third-order valence-corrected chi connectivity index (χ3v) is 3.04. The minimum Gasteiger partial charge on any atom is -0.350 e. The summed E-state index contributed by atoms with van der Waals surface area (Å²) in [4.78, 5) is 7.89. The van der Waals surface area contributed by atoms with Crippen LogP contribution < -0.4 is 0 Å². The molecule has 0 atom stereocenters. The van der Waals surface area contributed by atoms with Gasteiger partial charge in [-0.05, 0) is 23.8 Å². The van der Waals surface area contributed by atoms with Crippen molar-refractivity contribution in [1.82, 2.24) is 9.55 Å². The van der Waals surface area contributed by atoms with Crippen LogP contribution in [0.4, 0.5) is 5.69 Å². The minimum atomic E-state index is 0.640. The number of nitrogens with zero attached hydrogens (tertiary/aromatic N) is 3. The molecule has 18 heavy (non-hydrogen) atoms. The molecule has 3 aromatic rings. The molecular formula is C15H11N3. The van der Waals surface area contributed by atoms with Crippen LogP contribution in [0.1, 0.15) is 0 Å². The molecule has 1 aromatic carbocycles. The van der Waals surface area contributed by atoms with Gasteiger partial charge < -0.3 is 4.57 Å². The van der Waals surface area contributed by atoms with Crippen LogP contribution in [0, 0.1) is 6.57 Å². The van der Waals surface area contributed by atoms with E-state index in [9.17, 15) is 0 Å². The second-order valence-corrected chi connectivity index (χ2v) is 4.22. The number of aromatic nitrogens is 2. The first-order chi connectivity index (χ1) is 8.78. The summed E-state index contributed by atoms with van der Waals surface area (Å²) >= 11 is 0. The molecular weight excluding hydrogens is 222 g/mol. The number of benzene rings is 1. The highest BCUT2D eigenvalue weighted by Crippen LogP contribution is 2.25. The molecule has 3 heteroatoms. The summed E-state index contributed by atoms with van der Waals surface area (Å²) in [7, 11) is 2.02. The van der Waals surface area contributed by atoms with E-state index in [0.29, 0.717) is 5.69 Å². The van der Waals surface area contributed by atoms with Gasteiger partial charge in [-0.15, -0.1) is 0 Å². The lowest BCUT2D eigenvalue weighted by atomic mass is 10.1. The van der Waals surface area contributed by atoms with Crippen molar-refractivity contribution in [3.05, 3.63) is 60.2 Å². The first-order valence-corrected chi connectivity index (χ1v) is 5.67.